The number of carbonyl (C=O) groups excluding carboxylic acids is 2. The minimum atomic E-state index is -1.17. The lowest BCUT2D eigenvalue weighted by Crippen LogP contribution is -2.36. The molecule has 0 atom stereocenters. The fourth-order valence-electron chi connectivity index (χ4n) is 4.84. The number of Topliss-reactive ketones (excluding diaryl/α,β-unsaturated/α-hetero) is 1. The number of guanidine groups is 1. The van der Waals surface area contributed by atoms with Gasteiger partial charge in [0.2, 0.25) is 5.96 Å². The zero-order valence-corrected chi connectivity index (χ0v) is 33.8. The van der Waals surface area contributed by atoms with E-state index in [9.17, 15) is 35.9 Å². The smallest absolute Gasteiger partial charge is 0.258 e. The van der Waals surface area contributed by atoms with Crippen LogP contribution in [0.4, 0.5) is 43.5 Å². The summed E-state index contributed by atoms with van der Waals surface area (Å²) in [4.78, 5) is 29.2. The highest BCUT2D eigenvalue weighted by Crippen LogP contribution is 2.21. The van der Waals surface area contributed by atoms with Crippen molar-refractivity contribution in [2.24, 2.45) is 4.99 Å². The molecule has 0 radical (unpaired) electrons. The van der Waals surface area contributed by atoms with Gasteiger partial charge in [-0.25, -0.2) is 26.3 Å². The lowest BCUT2D eigenvalue weighted by Gasteiger charge is -2.12. The third-order valence-corrected chi connectivity index (χ3v) is 8.91. The molecule has 0 aliphatic carbocycles. The van der Waals surface area contributed by atoms with Crippen LogP contribution in [0.25, 0.3) is 0 Å². The van der Waals surface area contributed by atoms with E-state index in [4.69, 9.17) is 41.2 Å². The largest absolute Gasteiger partial charge is 0.399 e. The second-order valence-electron chi connectivity index (χ2n) is 12.7. The first-order chi connectivity index (χ1) is 27.8. The highest BCUT2D eigenvalue weighted by molar-refractivity contribution is 7.80. The van der Waals surface area contributed by atoms with Crippen molar-refractivity contribution in [3.8, 4) is 0 Å². The van der Waals surface area contributed by atoms with Crippen molar-refractivity contribution >= 4 is 75.1 Å². The third-order valence-electron chi connectivity index (χ3n) is 8.19. The molecule has 1 amide bonds. The first kappa shape index (κ1) is 45.7. The number of ketones is 1. The van der Waals surface area contributed by atoms with Gasteiger partial charge in [0.25, 0.3) is 5.91 Å². The first-order valence-electron chi connectivity index (χ1n) is 17.1. The molecule has 2 aromatic heterocycles. The predicted octanol–water partition coefficient (Wildman–Crippen LogP) is 10.2. The summed E-state index contributed by atoms with van der Waals surface area (Å²) >= 11 is 16.5. The number of anilines is 2. The molecule has 19 heteroatoms. The number of carbonyl (C=O) groups is 2. The number of H-pyrrole nitrogens is 2. The molecule has 6 N–H and O–H groups in total. The number of aliphatic imine (C=N–C) groups is 1. The van der Waals surface area contributed by atoms with Crippen molar-refractivity contribution in [2.75, 3.05) is 11.1 Å². The van der Waals surface area contributed by atoms with E-state index in [-0.39, 0.29) is 45.8 Å². The van der Waals surface area contributed by atoms with Crippen molar-refractivity contribution in [3.05, 3.63) is 157 Å². The Hall–Kier alpha value is -6.04. The summed E-state index contributed by atoms with van der Waals surface area (Å²) in [5.41, 5.74) is 10.0. The maximum Gasteiger partial charge on any atom is 0.258 e. The van der Waals surface area contributed by atoms with Gasteiger partial charge in [0, 0.05) is 67.2 Å². The zero-order valence-electron chi connectivity index (χ0n) is 31.5. The van der Waals surface area contributed by atoms with Crippen molar-refractivity contribution < 1.29 is 35.9 Å². The second-order valence-corrected chi connectivity index (χ2v) is 14.1. The number of nitrogens with zero attached hydrogens (tertiary/aromatic N) is 3. The highest BCUT2D eigenvalue weighted by atomic mass is 35.5. The van der Waals surface area contributed by atoms with Crippen LogP contribution in [0.1, 0.15) is 55.3 Å². The van der Waals surface area contributed by atoms with E-state index in [2.05, 4.69) is 36.0 Å². The summed E-state index contributed by atoms with van der Waals surface area (Å²) in [5, 5.41) is 19.4. The number of hydrogen-bond acceptors (Lipinski definition) is 7. The molecule has 308 valence electrons. The average molecular weight is 876 g/mol. The number of halogens is 8. The Bertz CT molecular complexity index is 2480. The predicted molar refractivity (Wildman–Crippen MR) is 220 cm³/mol. The molecule has 0 aliphatic rings. The summed E-state index contributed by atoms with van der Waals surface area (Å²) in [6.45, 7) is 7.39. The molecular formula is C40H34Cl2F6N8O2S. The summed E-state index contributed by atoms with van der Waals surface area (Å²) in [6.07, 6.45) is 0.409. The topological polar surface area (TPSA) is 154 Å². The summed E-state index contributed by atoms with van der Waals surface area (Å²) < 4.78 is 78.4. The standard InChI is InChI=1S/C19H15ClF3N5O.C15H14F2N2OS.C6H5ClFN/c1-9-10(2)27-28-17(9)25-19(24-14-7-12(20)6-13(21)8-14)26-18(29)11-3-4-15(22)16(23)5-11;1-8-9(2)18-19-14(8)6-11(21)7-15(20)10-3-4-12(16)13(17)5-10;7-4-1-5(8)3-6(9)2-4/h3-8H,1-2H3,(H3,24,25,26,27,28,29);3-5H,6-7H2,1-2H3,(H,18,19);1-3H,9H2. The number of aryl methyl sites for hydroxylation is 2. The van der Waals surface area contributed by atoms with Gasteiger partial charge >= 0.3 is 0 Å². The van der Waals surface area contributed by atoms with Crippen molar-refractivity contribution in [1.82, 2.24) is 25.7 Å². The summed E-state index contributed by atoms with van der Waals surface area (Å²) in [5.74, 6) is -6.19. The number of nitrogens with one attached hydrogen (secondary N) is 4. The summed E-state index contributed by atoms with van der Waals surface area (Å²) in [6, 6.07) is 13.4. The molecule has 6 rings (SSSR count). The van der Waals surface area contributed by atoms with Gasteiger partial charge in [0.1, 0.15) is 11.6 Å². The Morgan fingerprint density at radius 1 is 0.729 bits per heavy atom. The lowest BCUT2D eigenvalue weighted by molar-refractivity contribution is 0.0974. The van der Waals surface area contributed by atoms with Crippen molar-refractivity contribution in [1.29, 1.82) is 0 Å². The molecule has 0 saturated carbocycles. The van der Waals surface area contributed by atoms with Crippen LogP contribution >= 0.6 is 35.4 Å². The summed E-state index contributed by atoms with van der Waals surface area (Å²) in [7, 11) is 0. The van der Waals surface area contributed by atoms with Gasteiger partial charge < -0.3 is 11.1 Å². The average Bonchev–Trinajstić information content (AvgIpc) is 3.63. The van der Waals surface area contributed by atoms with Gasteiger partial charge in [-0.15, -0.1) is 0 Å². The van der Waals surface area contributed by atoms with Crippen LogP contribution in [0.3, 0.4) is 0 Å². The van der Waals surface area contributed by atoms with E-state index < -0.39 is 40.8 Å². The Morgan fingerprint density at radius 2 is 1.29 bits per heavy atom. The molecule has 2 heterocycles. The van der Waals surface area contributed by atoms with Gasteiger partial charge in [-0.1, -0.05) is 35.4 Å². The minimum Gasteiger partial charge on any atom is -0.399 e. The van der Waals surface area contributed by atoms with Gasteiger partial charge in [-0.3, -0.25) is 25.1 Å². The molecule has 0 fully saturated rings. The molecule has 0 aliphatic heterocycles. The molecule has 6 aromatic rings. The van der Waals surface area contributed by atoms with Crippen molar-refractivity contribution in [2.45, 2.75) is 40.5 Å². The number of benzene rings is 4. The van der Waals surface area contributed by atoms with E-state index in [1.54, 1.807) is 13.8 Å². The van der Waals surface area contributed by atoms with Crippen LogP contribution in [0.2, 0.25) is 10.0 Å². The monoisotopic (exact) mass is 874 g/mol. The van der Waals surface area contributed by atoms with E-state index in [0.29, 0.717) is 22.0 Å². The van der Waals surface area contributed by atoms with Crippen LogP contribution in [0.5, 0.6) is 0 Å². The van der Waals surface area contributed by atoms with Crippen LogP contribution in [0.15, 0.2) is 77.8 Å². The molecule has 0 bridgehead atoms. The zero-order chi connectivity index (χ0) is 43.6. The number of hydrogen-bond donors (Lipinski definition) is 5. The Labute approximate surface area is 349 Å². The first-order valence-corrected chi connectivity index (χ1v) is 18.3. The SMILES string of the molecule is Cc1[nH]nc(CC(=S)CC(=O)c2ccc(F)c(F)c2)c1C.Cc1[nH]nc(N=C(NC(=O)c2ccc(F)c(F)c2)Nc2cc(F)cc(Cl)c2)c1C.Nc1cc(F)cc(Cl)c1. The molecule has 4 aromatic carbocycles. The van der Waals surface area contributed by atoms with Crippen LogP contribution in [-0.2, 0) is 6.42 Å². The number of rotatable bonds is 8. The van der Waals surface area contributed by atoms with E-state index >= 15 is 0 Å². The van der Waals surface area contributed by atoms with Gasteiger partial charge in [0.15, 0.2) is 34.9 Å². The van der Waals surface area contributed by atoms with Gasteiger partial charge in [-0.05, 0) is 106 Å². The van der Waals surface area contributed by atoms with Crippen LogP contribution in [0, 0.1) is 62.6 Å². The Balaban J connectivity index is 0.000000222. The maximum absolute atomic E-state index is 13.6. The van der Waals surface area contributed by atoms with Gasteiger partial charge in [-0.2, -0.15) is 15.2 Å². The maximum atomic E-state index is 13.6. The van der Waals surface area contributed by atoms with E-state index in [1.807, 2.05) is 13.8 Å². The molecule has 10 nitrogen and oxygen atoms in total. The van der Waals surface area contributed by atoms with Crippen LogP contribution < -0.4 is 16.4 Å². The molecule has 0 saturated heterocycles. The second kappa shape index (κ2) is 20.6. The third kappa shape index (κ3) is 13.5. The number of aromatic amines is 2. The number of amides is 1. The van der Waals surface area contributed by atoms with E-state index in [1.165, 1.54) is 30.3 Å². The van der Waals surface area contributed by atoms with Gasteiger partial charge in [0.05, 0.1) is 5.69 Å². The molecular weight excluding hydrogens is 841 g/mol. The minimum absolute atomic E-state index is 0.00571. The van der Waals surface area contributed by atoms with E-state index in [0.717, 1.165) is 70.7 Å². The lowest BCUT2D eigenvalue weighted by atomic mass is 10.0. The molecule has 0 unspecified atom stereocenters. The molecule has 0 spiro atoms. The quantitative estimate of drug-likeness (QED) is 0.0255. The number of thiocarbonyl (C=S) groups is 1. The fourth-order valence-corrected chi connectivity index (χ4v) is 5.56. The Morgan fingerprint density at radius 3 is 1.81 bits per heavy atom. The molecule has 59 heavy (non-hydrogen) atoms. The van der Waals surface area contributed by atoms with Crippen molar-refractivity contribution in [3.63, 3.8) is 0 Å². The van der Waals surface area contributed by atoms with Crippen LogP contribution in [-0.4, -0.2) is 42.9 Å². The highest BCUT2D eigenvalue weighted by Gasteiger charge is 2.16. The number of aromatic nitrogens is 4. The normalized spacial score (nSPS) is 10.9. The number of nitrogens with two attached hydrogens (primary N) is 1. The number of nitrogen functional groups attached to an aromatic ring is 1. The fraction of sp³-hybridized carbons (Fsp3) is 0.150. The Kier molecular flexibility index (Phi) is 15.9.